The minimum Gasteiger partial charge on any atom is -0.491 e. The summed E-state index contributed by atoms with van der Waals surface area (Å²) in [6, 6.07) is 9.13. The largest absolute Gasteiger partial charge is 0.491 e. The number of carbonyl (C=O) groups is 2. The molecule has 1 aromatic carbocycles. The quantitative estimate of drug-likeness (QED) is 0.569. The Morgan fingerprint density at radius 2 is 2.09 bits per heavy atom. The average molecular weight is 477 g/mol. The van der Waals surface area contributed by atoms with E-state index in [1.807, 2.05) is 24.0 Å². The molecule has 32 heavy (non-hydrogen) atoms. The number of thiophene rings is 1. The molecular weight excluding hydrogens is 448 g/mol. The van der Waals surface area contributed by atoms with Crippen LogP contribution in [0.5, 0.6) is 5.75 Å². The van der Waals surface area contributed by atoms with E-state index in [9.17, 15) is 9.59 Å². The van der Waals surface area contributed by atoms with Gasteiger partial charge in [-0.05, 0) is 60.5 Å². The number of nitrogens with zero attached hydrogens (tertiary/aromatic N) is 2. The predicted octanol–water partition coefficient (Wildman–Crippen LogP) is 4.32. The van der Waals surface area contributed by atoms with E-state index in [2.05, 4.69) is 11.4 Å². The van der Waals surface area contributed by atoms with Crippen LogP contribution in [-0.4, -0.2) is 60.6 Å². The van der Waals surface area contributed by atoms with Crippen molar-refractivity contribution >= 4 is 34.8 Å². The zero-order valence-electron chi connectivity index (χ0n) is 18.3. The van der Waals surface area contributed by atoms with Crippen LogP contribution >= 0.6 is 22.9 Å². The zero-order chi connectivity index (χ0) is 22.5. The topological polar surface area (TPSA) is 59.1 Å². The van der Waals surface area contributed by atoms with Crippen LogP contribution in [0.15, 0.2) is 35.7 Å². The van der Waals surface area contributed by atoms with Crippen LogP contribution in [0.2, 0.25) is 5.02 Å². The Balaban J connectivity index is 1.47. The molecule has 2 unspecified atom stereocenters. The first-order chi connectivity index (χ1) is 15.5. The van der Waals surface area contributed by atoms with Crippen LogP contribution in [0.25, 0.3) is 0 Å². The first-order valence-corrected chi connectivity index (χ1v) is 12.4. The van der Waals surface area contributed by atoms with Crippen molar-refractivity contribution in [1.29, 1.82) is 0 Å². The first kappa shape index (κ1) is 23.1. The van der Waals surface area contributed by atoms with E-state index in [4.69, 9.17) is 21.1 Å². The van der Waals surface area contributed by atoms with E-state index in [1.165, 1.54) is 4.88 Å². The van der Waals surface area contributed by atoms with Gasteiger partial charge in [0.1, 0.15) is 12.4 Å². The molecule has 172 valence electrons. The Labute approximate surface area is 198 Å². The Bertz CT molecular complexity index is 926. The fraction of sp³-hybridized carbons (Fsp3) is 0.500. The SMILES string of the molecule is CCC(=O)N(CC(=O)N1CCc2sccc2C1COc1ccc(Cl)cc1)CC1CCCO1. The highest BCUT2D eigenvalue weighted by Gasteiger charge is 2.34. The number of hydrogen-bond donors (Lipinski definition) is 0. The predicted molar refractivity (Wildman–Crippen MR) is 125 cm³/mol. The normalized spacial score (nSPS) is 20.1. The van der Waals surface area contributed by atoms with Crippen LogP contribution < -0.4 is 4.74 Å². The third-order valence-corrected chi connectivity index (χ3v) is 7.31. The lowest BCUT2D eigenvalue weighted by Gasteiger charge is -2.37. The minimum absolute atomic E-state index is 0.0175. The van der Waals surface area contributed by atoms with E-state index in [0.29, 0.717) is 36.9 Å². The maximum absolute atomic E-state index is 13.4. The van der Waals surface area contributed by atoms with Crippen molar-refractivity contribution in [2.75, 3.05) is 32.8 Å². The van der Waals surface area contributed by atoms with Gasteiger partial charge < -0.3 is 19.3 Å². The highest BCUT2D eigenvalue weighted by atomic mass is 35.5. The van der Waals surface area contributed by atoms with Crippen LogP contribution in [-0.2, 0) is 20.7 Å². The van der Waals surface area contributed by atoms with Crippen LogP contribution in [0, 0.1) is 0 Å². The molecule has 2 amide bonds. The number of hydrogen-bond acceptors (Lipinski definition) is 5. The van der Waals surface area contributed by atoms with Crippen LogP contribution in [0.3, 0.4) is 0 Å². The Kier molecular flexibility index (Phi) is 7.71. The summed E-state index contributed by atoms with van der Waals surface area (Å²) in [5.41, 5.74) is 1.14. The minimum atomic E-state index is -0.186. The second-order valence-corrected chi connectivity index (χ2v) is 9.62. The number of benzene rings is 1. The van der Waals surface area contributed by atoms with Gasteiger partial charge in [0.2, 0.25) is 11.8 Å². The number of fused-ring (bicyclic) bond motifs is 1. The van der Waals surface area contributed by atoms with Gasteiger partial charge in [0.25, 0.3) is 0 Å². The van der Waals surface area contributed by atoms with Crippen LogP contribution in [0.4, 0.5) is 0 Å². The molecule has 0 aliphatic carbocycles. The van der Waals surface area contributed by atoms with Gasteiger partial charge in [-0.1, -0.05) is 18.5 Å². The second kappa shape index (κ2) is 10.7. The number of halogens is 1. The van der Waals surface area contributed by atoms with E-state index in [-0.39, 0.29) is 30.5 Å². The lowest BCUT2D eigenvalue weighted by molar-refractivity contribution is -0.143. The zero-order valence-corrected chi connectivity index (χ0v) is 19.9. The summed E-state index contributed by atoms with van der Waals surface area (Å²) in [5.74, 6) is 0.646. The smallest absolute Gasteiger partial charge is 0.242 e. The Hall–Kier alpha value is -2.09. The highest BCUT2D eigenvalue weighted by Crippen LogP contribution is 2.34. The molecule has 0 saturated carbocycles. The lowest BCUT2D eigenvalue weighted by atomic mass is 10.0. The molecule has 2 aromatic rings. The van der Waals surface area contributed by atoms with Gasteiger partial charge in [0.15, 0.2) is 0 Å². The summed E-state index contributed by atoms with van der Waals surface area (Å²) < 4.78 is 11.8. The van der Waals surface area contributed by atoms with Crippen LogP contribution in [0.1, 0.15) is 42.7 Å². The van der Waals surface area contributed by atoms with Gasteiger partial charge >= 0.3 is 0 Å². The third kappa shape index (κ3) is 5.45. The van der Waals surface area contributed by atoms with E-state index < -0.39 is 0 Å². The van der Waals surface area contributed by atoms with Gasteiger partial charge in [-0.3, -0.25) is 9.59 Å². The number of rotatable bonds is 8. The summed E-state index contributed by atoms with van der Waals surface area (Å²) in [6.45, 7) is 4.07. The molecule has 1 aromatic heterocycles. The highest BCUT2D eigenvalue weighted by molar-refractivity contribution is 7.10. The van der Waals surface area contributed by atoms with Gasteiger partial charge in [-0.25, -0.2) is 0 Å². The molecule has 2 atom stereocenters. The maximum Gasteiger partial charge on any atom is 0.242 e. The monoisotopic (exact) mass is 476 g/mol. The van der Waals surface area contributed by atoms with Gasteiger partial charge in [0.05, 0.1) is 18.7 Å². The number of carbonyl (C=O) groups excluding carboxylic acids is 2. The fourth-order valence-electron chi connectivity index (χ4n) is 4.35. The van der Waals surface area contributed by atoms with Gasteiger partial charge in [-0.15, -0.1) is 11.3 Å². The molecule has 0 radical (unpaired) electrons. The average Bonchev–Trinajstić information content (AvgIpc) is 3.49. The van der Waals surface area contributed by atoms with Crippen molar-refractivity contribution in [2.45, 2.75) is 44.8 Å². The fourth-order valence-corrected chi connectivity index (χ4v) is 5.40. The molecule has 1 fully saturated rings. The second-order valence-electron chi connectivity index (χ2n) is 8.18. The number of amides is 2. The molecule has 3 heterocycles. The first-order valence-electron chi connectivity index (χ1n) is 11.2. The molecule has 0 N–H and O–H groups in total. The summed E-state index contributed by atoms with van der Waals surface area (Å²) in [4.78, 5) is 30.8. The molecule has 0 spiro atoms. The van der Waals surface area contributed by atoms with Crippen molar-refractivity contribution in [3.8, 4) is 5.75 Å². The van der Waals surface area contributed by atoms with Crippen molar-refractivity contribution in [2.24, 2.45) is 0 Å². The van der Waals surface area contributed by atoms with E-state index >= 15 is 0 Å². The molecule has 0 bridgehead atoms. The third-order valence-electron chi connectivity index (χ3n) is 6.07. The Morgan fingerprint density at radius 1 is 1.28 bits per heavy atom. The lowest BCUT2D eigenvalue weighted by Crippen LogP contribution is -2.49. The summed E-state index contributed by atoms with van der Waals surface area (Å²) in [7, 11) is 0. The molecule has 1 saturated heterocycles. The van der Waals surface area contributed by atoms with Crippen molar-refractivity contribution in [3.63, 3.8) is 0 Å². The standard InChI is InChI=1S/C24H29ClN2O4S/c1-2-23(28)26(14-19-4-3-12-30-19)15-24(29)27-11-9-22-20(10-13-32-22)21(27)16-31-18-7-5-17(25)6-8-18/h5-8,10,13,19,21H,2-4,9,11-12,14-16H2,1H3. The van der Waals surface area contributed by atoms with Crippen molar-refractivity contribution in [1.82, 2.24) is 9.80 Å². The molecule has 6 nitrogen and oxygen atoms in total. The summed E-state index contributed by atoms with van der Waals surface area (Å²) in [6.07, 6.45) is 3.15. The molecule has 2 aliphatic rings. The van der Waals surface area contributed by atoms with Gasteiger partial charge in [0, 0.05) is 36.0 Å². The van der Waals surface area contributed by atoms with Gasteiger partial charge in [-0.2, -0.15) is 0 Å². The van der Waals surface area contributed by atoms with E-state index in [0.717, 1.165) is 31.4 Å². The van der Waals surface area contributed by atoms with Crippen molar-refractivity contribution < 1.29 is 19.1 Å². The molecule has 4 rings (SSSR count). The summed E-state index contributed by atoms with van der Waals surface area (Å²) in [5, 5.41) is 2.72. The van der Waals surface area contributed by atoms with Crippen molar-refractivity contribution in [3.05, 3.63) is 51.2 Å². The number of ether oxygens (including phenoxy) is 2. The Morgan fingerprint density at radius 3 is 2.81 bits per heavy atom. The molecule has 2 aliphatic heterocycles. The maximum atomic E-state index is 13.4. The summed E-state index contributed by atoms with van der Waals surface area (Å²) >= 11 is 7.69. The molecule has 8 heteroatoms. The van der Waals surface area contributed by atoms with E-state index in [1.54, 1.807) is 28.4 Å². The molecular formula is C24H29ClN2O4S.